The number of hydrogen-bond donors (Lipinski definition) is 3. The number of nitrogens with zero attached hydrogens (tertiary/aromatic N) is 2. The molecule has 3 rings (SSSR count). The van der Waals surface area contributed by atoms with Gasteiger partial charge in [0, 0.05) is 32.1 Å². The van der Waals surface area contributed by atoms with Crippen molar-refractivity contribution in [2.24, 2.45) is 0 Å². The number of imide groups is 1. The van der Waals surface area contributed by atoms with Crippen LogP contribution in [0.4, 0.5) is 0 Å². The molecular weight excluding hydrogens is 366 g/mol. The maximum atomic E-state index is 12.2. The molecule has 2 aromatic rings. The number of H-pyrrole nitrogens is 1. The zero-order valence-electron chi connectivity index (χ0n) is 14.7. The summed E-state index contributed by atoms with van der Waals surface area (Å²) in [5, 5.41) is 10.9. The van der Waals surface area contributed by atoms with E-state index in [4.69, 9.17) is 0 Å². The van der Waals surface area contributed by atoms with Gasteiger partial charge >= 0.3 is 0 Å². The second kappa shape index (κ2) is 8.25. The third kappa shape index (κ3) is 4.11. The highest BCUT2D eigenvalue weighted by molar-refractivity contribution is 6.21. The average molecular weight is 383 g/mol. The van der Waals surface area contributed by atoms with Crippen LogP contribution in [0.25, 0.3) is 0 Å². The minimum atomic E-state index is -0.489. The summed E-state index contributed by atoms with van der Waals surface area (Å²) >= 11 is 0. The van der Waals surface area contributed by atoms with E-state index in [0.29, 0.717) is 11.1 Å². The number of carbonyl (C=O) groups excluding carboxylic acids is 4. The Morgan fingerprint density at radius 1 is 0.929 bits per heavy atom. The molecule has 144 valence electrons. The molecule has 0 fully saturated rings. The smallest absolute Gasteiger partial charge is 0.271 e. The summed E-state index contributed by atoms with van der Waals surface area (Å²) in [6.07, 6.45) is -0.0408. The molecule has 3 N–H and O–H groups in total. The second-order valence-electron chi connectivity index (χ2n) is 5.97. The first-order chi connectivity index (χ1) is 13.5. The molecule has 0 saturated carbocycles. The van der Waals surface area contributed by atoms with Crippen molar-refractivity contribution < 1.29 is 19.2 Å². The van der Waals surface area contributed by atoms with Crippen molar-refractivity contribution in [3.8, 4) is 0 Å². The molecule has 0 unspecified atom stereocenters. The molecule has 2 heterocycles. The number of carbonyl (C=O) groups is 4. The summed E-state index contributed by atoms with van der Waals surface area (Å²) in [7, 11) is 0. The summed E-state index contributed by atoms with van der Waals surface area (Å²) in [6.45, 7) is 0.292. The van der Waals surface area contributed by atoms with E-state index >= 15 is 0 Å². The van der Waals surface area contributed by atoms with Crippen LogP contribution >= 0.6 is 0 Å². The van der Waals surface area contributed by atoms with Crippen LogP contribution in [-0.4, -0.2) is 58.4 Å². The van der Waals surface area contributed by atoms with Crippen molar-refractivity contribution in [2.75, 3.05) is 19.6 Å². The Labute approximate surface area is 158 Å². The quantitative estimate of drug-likeness (QED) is 0.427. The largest absolute Gasteiger partial charge is 0.354 e. The Morgan fingerprint density at radius 2 is 1.57 bits per heavy atom. The van der Waals surface area contributed by atoms with E-state index in [1.165, 1.54) is 12.1 Å². The van der Waals surface area contributed by atoms with E-state index in [-0.39, 0.29) is 37.7 Å². The van der Waals surface area contributed by atoms with Crippen molar-refractivity contribution in [1.82, 2.24) is 25.7 Å². The Hall–Kier alpha value is -3.82. The molecule has 0 atom stereocenters. The topological polar surface area (TPSA) is 141 Å². The minimum Gasteiger partial charge on any atom is -0.354 e. The number of rotatable bonds is 7. The zero-order chi connectivity index (χ0) is 20.1. The molecule has 1 aliphatic rings. The fraction of sp³-hybridized carbons (Fsp3) is 0.222. The Bertz CT molecular complexity index is 944. The predicted octanol–water partition coefficient (Wildman–Crippen LogP) is -0.698. The number of aromatic nitrogens is 2. The highest BCUT2D eigenvalue weighted by Gasteiger charge is 2.34. The molecule has 0 radical (unpaired) electrons. The lowest BCUT2D eigenvalue weighted by molar-refractivity contribution is -0.121. The van der Waals surface area contributed by atoms with Crippen molar-refractivity contribution in [3.05, 3.63) is 63.6 Å². The molecule has 10 nitrogen and oxygen atoms in total. The van der Waals surface area contributed by atoms with E-state index in [1.807, 2.05) is 0 Å². The highest BCUT2D eigenvalue weighted by atomic mass is 16.2. The zero-order valence-corrected chi connectivity index (χ0v) is 14.7. The van der Waals surface area contributed by atoms with Gasteiger partial charge in [-0.25, -0.2) is 5.10 Å². The molecule has 1 aromatic carbocycles. The van der Waals surface area contributed by atoms with E-state index in [9.17, 15) is 24.0 Å². The van der Waals surface area contributed by atoms with E-state index in [1.54, 1.807) is 24.3 Å². The van der Waals surface area contributed by atoms with E-state index in [2.05, 4.69) is 20.8 Å². The van der Waals surface area contributed by atoms with Crippen molar-refractivity contribution >= 4 is 23.6 Å². The van der Waals surface area contributed by atoms with Crippen molar-refractivity contribution in [1.29, 1.82) is 0 Å². The molecule has 1 aliphatic heterocycles. The van der Waals surface area contributed by atoms with Gasteiger partial charge in [-0.2, -0.15) is 5.10 Å². The van der Waals surface area contributed by atoms with Gasteiger partial charge in [0.15, 0.2) is 0 Å². The number of hydrogen-bond acceptors (Lipinski definition) is 6. The number of aromatic amines is 1. The van der Waals surface area contributed by atoms with Gasteiger partial charge in [-0.05, 0) is 18.2 Å². The molecule has 0 bridgehead atoms. The third-order valence-corrected chi connectivity index (χ3v) is 4.09. The van der Waals surface area contributed by atoms with Gasteiger partial charge in [0.2, 0.25) is 5.91 Å². The fourth-order valence-electron chi connectivity index (χ4n) is 2.68. The van der Waals surface area contributed by atoms with Crippen molar-refractivity contribution in [2.45, 2.75) is 6.42 Å². The lowest BCUT2D eigenvalue weighted by atomic mass is 10.1. The van der Waals surface area contributed by atoms with Crippen LogP contribution in [0, 0.1) is 0 Å². The fourth-order valence-corrected chi connectivity index (χ4v) is 2.68. The SMILES string of the molecule is O=C(CCN1C(=O)c2ccccc2C1=O)NCCNC(=O)c1ccc(=O)[nH]n1. The predicted molar refractivity (Wildman–Crippen MR) is 96.6 cm³/mol. The molecular formula is C18H17N5O5. The first-order valence-corrected chi connectivity index (χ1v) is 8.53. The average Bonchev–Trinajstić information content (AvgIpc) is 2.94. The van der Waals surface area contributed by atoms with Crippen LogP contribution in [-0.2, 0) is 4.79 Å². The molecule has 0 saturated heterocycles. The Morgan fingerprint density at radius 3 is 2.18 bits per heavy atom. The summed E-state index contributed by atoms with van der Waals surface area (Å²) in [6, 6.07) is 8.98. The minimum absolute atomic E-state index is 0.0220. The second-order valence-corrected chi connectivity index (χ2v) is 5.97. The monoisotopic (exact) mass is 383 g/mol. The van der Waals surface area contributed by atoms with Crippen LogP contribution in [0.15, 0.2) is 41.2 Å². The van der Waals surface area contributed by atoms with Crippen LogP contribution in [0.3, 0.4) is 0 Å². The molecule has 10 heteroatoms. The van der Waals surface area contributed by atoms with Gasteiger partial charge in [0.1, 0.15) is 5.69 Å². The third-order valence-electron chi connectivity index (χ3n) is 4.09. The maximum Gasteiger partial charge on any atom is 0.271 e. The van der Waals surface area contributed by atoms with Gasteiger partial charge in [-0.1, -0.05) is 12.1 Å². The first kappa shape index (κ1) is 19.0. The molecule has 0 spiro atoms. The highest BCUT2D eigenvalue weighted by Crippen LogP contribution is 2.22. The first-order valence-electron chi connectivity index (χ1n) is 8.53. The number of fused-ring (bicyclic) bond motifs is 1. The normalized spacial score (nSPS) is 12.6. The van der Waals surface area contributed by atoms with Gasteiger partial charge in [0.25, 0.3) is 23.3 Å². The lowest BCUT2D eigenvalue weighted by Gasteiger charge is -2.13. The number of amides is 4. The van der Waals surface area contributed by atoms with Crippen molar-refractivity contribution in [3.63, 3.8) is 0 Å². The number of benzene rings is 1. The Balaban J connectivity index is 1.39. The molecule has 1 aromatic heterocycles. The standard InChI is InChI=1S/C18H17N5O5/c24-14(19-8-9-20-16(26)13-5-6-15(25)22-21-13)7-10-23-17(27)11-3-1-2-4-12(11)18(23)28/h1-6H,7-10H2,(H,19,24)(H,20,26)(H,22,25). The lowest BCUT2D eigenvalue weighted by Crippen LogP contribution is -2.38. The molecule has 0 aliphatic carbocycles. The van der Waals surface area contributed by atoms with Gasteiger partial charge in [-0.3, -0.25) is 28.9 Å². The van der Waals surface area contributed by atoms with Gasteiger partial charge in [-0.15, -0.1) is 0 Å². The van der Waals surface area contributed by atoms with Crippen LogP contribution < -0.4 is 16.2 Å². The summed E-state index contributed by atoms with van der Waals surface area (Å²) in [5.74, 6) is -1.66. The van der Waals surface area contributed by atoms with E-state index < -0.39 is 23.3 Å². The summed E-state index contributed by atoms with van der Waals surface area (Å²) in [5.41, 5.74) is 0.316. The molecule has 28 heavy (non-hydrogen) atoms. The maximum absolute atomic E-state index is 12.2. The summed E-state index contributed by atoms with van der Waals surface area (Å²) in [4.78, 5) is 60.1. The summed E-state index contributed by atoms with van der Waals surface area (Å²) < 4.78 is 0. The van der Waals surface area contributed by atoms with E-state index in [0.717, 1.165) is 4.90 Å². The number of nitrogens with one attached hydrogen (secondary N) is 3. The van der Waals surface area contributed by atoms with Crippen LogP contribution in [0.1, 0.15) is 37.6 Å². The van der Waals surface area contributed by atoms with Gasteiger partial charge < -0.3 is 10.6 Å². The Kier molecular flexibility index (Phi) is 5.58. The van der Waals surface area contributed by atoms with Gasteiger partial charge in [0.05, 0.1) is 11.1 Å². The van der Waals surface area contributed by atoms with Crippen LogP contribution in [0.5, 0.6) is 0 Å². The molecule has 4 amide bonds. The van der Waals surface area contributed by atoms with Crippen LogP contribution in [0.2, 0.25) is 0 Å².